The number of halogens is 1. The zero-order valence-corrected chi connectivity index (χ0v) is 22.9. The molecule has 0 radical (unpaired) electrons. The summed E-state index contributed by atoms with van der Waals surface area (Å²) >= 11 is 0. The Kier molecular flexibility index (Phi) is 9.06. The van der Waals surface area contributed by atoms with E-state index < -0.39 is 62.2 Å². The number of rotatable bonds is 11. The van der Waals surface area contributed by atoms with E-state index in [9.17, 15) is 24.4 Å². The fourth-order valence-corrected chi connectivity index (χ4v) is 5.35. The highest BCUT2D eigenvalue weighted by molar-refractivity contribution is 7.52. The Morgan fingerprint density at radius 1 is 1.33 bits per heavy atom. The lowest BCUT2D eigenvalue weighted by atomic mass is 9.86. The molecule has 0 unspecified atom stereocenters. The summed E-state index contributed by atoms with van der Waals surface area (Å²) in [6.07, 6.45) is -2.16. The van der Waals surface area contributed by atoms with Crippen molar-refractivity contribution in [2.24, 2.45) is 0 Å². The van der Waals surface area contributed by atoms with Gasteiger partial charge in [-0.2, -0.15) is 5.09 Å². The van der Waals surface area contributed by atoms with E-state index in [1.54, 1.807) is 32.0 Å². The van der Waals surface area contributed by atoms with Gasteiger partial charge < -0.3 is 34.4 Å². The number of para-hydroxylation sites is 1. The number of aliphatic hydroxyl groups excluding tert-OH is 1. The highest BCUT2D eigenvalue weighted by atomic mass is 31.2. The number of nitrogens with one attached hydrogen (secondary N) is 2. The van der Waals surface area contributed by atoms with Gasteiger partial charge in [-0.25, -0.2) is 8.96 Å². The maximum Gasteiger partial charge on any atom is 0.459 e. The van der Waals surface area contributed by atoms with Crippen LogP contribution < -0.4 is 14.9 Å². The quantitative estimate of drug-likeness (QED) is 0.176. The average Bonchev–Trinajstić information content (AvgIpc) is 3.05. The molecule has 3 rings (SSSR count). The molecule has 0 bridgehead atoms. The van der Waals surface area contributed by atoms with Crippen molar-refractivity contribution in [2.75, 3.05) is 6.61 Å². The molecule has 14 heteroatoms. The van der Waals surface area contributed by atoms with E-state index in [4.69, 9.17) is 18.5 Å². The number of hydrogen-bond acceptors (Lipinski definition) is 10. The molecule has 1 amide bonds. The second kappa shape index (κ2) is 11.6. The summed E-state index contributed by atoms with van der Waals surface area (Å²) in [5, 5.41) is 27.1. The largest absolute Gasteiger partial charge is 0.462 e. The van der Waals surface area contributed by atoms with E-state index in [0.717, 1.165) is 11.0 Å². The van der Waals surface area contributed by atoms with Gasteiger partial charge in [0, 0.05) is 12.3 Å². The third kappa shape index (κ3) is 6.57. The van der Waals surface area contributed by atoms with Crippen molar-refractivity contribution in [3.63, 3.8) is 0 Å². The van der Waals surface area contributed by atoms with Crippen molar-refractivity contribution in [3.05, 3.63) is 67.2 Å². The van der Waals surface area contributed by atoms with Crippen LogP contribution in [0.15, 0.2) is 67.2 Å². The van der Waals surface area contributed by atoms with Gasteiger partial charge >= 0.3 is 13.7 Å². The lowest BCUT2D eigenvalue weighted by Gasteiger charge is -2.39. The Hall–Kier alpha value is -3.06. The predicted molar refractivity (Wildman–Crippen MR) is 137 cm³/mol. The molecule has 0 aromatic heterocycles. The fourth-order valence-electron chi connectivity index (χ4n) is 3.84. The van der Waals surface area contributed by atoms with E-state index in [1.807, 2.05) is 0 Å². The molecular weight excluding hydrogens is 536 g/mol. The molecule has 2 aliphatic rings. The van der Waals surface area contributed by atoms with E-state index in [0.29, 0.717) is 0 Å². The van der Waals surface area contributed by atoms with Crippen LogP contribution in [-0.4, -0.2) is 69.5 Å². The topological polar surface area (TPSA) is 156 Å². The van der Waals surface area contributed by atoms with Gasteiger partial charge in [0.2, 0.25) is 0 Å². The molecule has 214 valence electrons. The highest BCUT2D eigenvalue weighted by Gasteiger charge is 2.67. The molecule has 39 heavy (non-hydrogen) atoms. The molecule has 12 nitrogen and oxygen atoms in total. The summed E-state index contributed by atoms with van der Waals surface area (Å²) in [7, 11) is -4.54. The summed E-state index contributed by atoms with van der Waals surface area (Å²) in [6.45, 7) is 12.0. The first kappa shape index (κ1) is 30.5. The molecule has 1 aromatic rings. The molecule has 2 aliphatic heterocycles. The lowest BCUT2D eigenvalue weighted by molar-refractivity contribution is -0.206. The first-order chi connectivity index (χ1) is 18.1. The van der Waals surface area contributed by atoms with Crippen molar-refractivity contribution >= 4 is 19.6 Å². The number of carbonyl (C=O) groups excluding carboxylic acids is 2. The number of hydrogen-bond donors (Lipinski definition) is 4. The Bertz CT molecular complexity index is 1200. The number of benzene rings is 1. The van der Waals surface area contributed by atoms with Crippen molar-refractivity contribution < 1.29 is 47.3 Å². The molecule has 1 aromatic carbocycles. The summed E-state index contributed by atoms with van der Waals surface area (Å²) in [5.74, 6) is -4.46. The fraction of sp³-hybridized carbons (Fsp3) is 0.440. The van der Waals surface area contributed by atoms with E-state index >= 15 is 4.39 Å². The highest BCUT2D eigenvalue weighted by Crippen LogP contribution is 2.50. The second-order valence-electron chi connectivity index (χ2n) is 9.44. The van der Waals surface area contributed by atoms with Gasteiger partial charge in [0.05, 0.1) is 6.10 Å². The third-order valence-corrected chi connectivity index (χ3v) is 7.49. The normalized spacial score (nSPS) is 29.1. The molecule has 1 saturated heterocycles. The van der Waals surface area contributed by atoms with Gasteiger partial charge in [0.15, 0.2) is 17.9 Å². The van der Waals surface area contributed by atoms with E-state index in [-0.39, 0.29) is 17.1 Å². The number of alkyl halides is 1. The number of ether oxygens (including phenoxy) is 2. The summed E-state index contributed by atoms with van der Waals surface area (Å²) in [6, 6.07) is 6.56. The summed E-state index contributed by atoms with van der Waals surface area (Å²) < 4.78 is 51.4. The number of amides is 1. The van der Waals surface area contributed by atoms with E-state index in [2.05, 4.69) is 23.6 Å². The molecule has 0 spiro atoms. The number of aliphatic hydroxyl groups is 2. The van der Waals surface area contributed by atoms with Crippen molar-refractivity contribution in [3.8, 4) is 5.75 Å². The number of esters is 1. The third-order valence-electron chi connectivity index (χ3n) is 5.87. The van der Waals surface area contributed by atoms with Crippen molar-refractivity contribution in [2.45, 2.75) is 63.6 Å². The Morgan fingerprint density at radius 2 is 1.97 bits per heavy atom. The maximum atomic E-state index is 16.2. The van der Waals surface area contributed by atoms with Crippen molar-refractivity contribution in [1.29, 1.82) is 0 Å². The van der Waals surface area contributed by atoms with Crippen LogP contribution in [0.2, 0.25) is 0 Å². The Labute approximate surface area is 225 Å². The first-order valence-electron chi connectivity index (χ1n) is 12.0. The van der Waals surface area contributed by atoms with Crippen molar-refractivity contribution in [1.82, 2.24) is 15.3 Å². The Balaban J connectivity index is 1.89. The van der Waals surface area contributed by atoms with Crippen LogP contribution in [0, 0.1) is 0 Å². The molecule has 2 heterocycles. The lowest BCUT2D eigenvalue weighted by Crippen LogP contribution is -2.57. The Morgan fingerprint density at radius 3 is 2.54 bits per heavy atom. The van der Waals surface area contributed by atoms with Crippen LogP contribution in [0.1, 0.15) is 27.7 Å². The minimum atomic E-state index is -4.54. The standard InChI is InChI=1S/C25H33FN3O9P/c1-15(2)25(33)22(32)24(26,37-23(25)29-13-12-20(30)27-18(29)6)14-35-39(34,38-19-10-8-7-9-11-19)28-17(5)21(31)36-16(3)4/h7-13,16-17,22-23,32-33H,1,6,14H2,2-5H3,(H,27,30)(H,28,34)/t17-,22+,23+,24+,25+,39-/m0/s1. The van der Waals surface area contributed by atoms with Crippen LogP contribution in [0.4, 0.5) is 4.39 Å². The van der Waals surface area contributed by atoms with Crippen LogP contribution in [0.5, 0.6) is 5.75 Å². The maximum absolute atomic E-state index is 16.2. The molecule has 1 fully saturated rings. The van der Waals surface area contributed by atoms with Gasteiger partial charge in [-0.05, 0) is 45.4 Å². The summed E-state index contributed by atoms with van der Waals surface area (Å²) in [4.78, 5) is 25.1. The molecule has 4 N–H and O–H groups in total. The number of carbonyl (C=O) groups is 2. The van der Waals surface area contributed by atoms with Crippen LogP contribution >= 0.6 is 7.75 Å². The zero-order valence-electron chi connectivity index (χ0n) is 22.0. The van der Waals surface area contributed by atoms with Gasteiger partial charge in [0.25, 0.3) is 11.8 Å². The van der Waals surface area contributed by atoms with E-state index in [1.165, 1.54) is 32.2 Å². The van der Waals surface area contributed by atoms with Gasteiger partial charge in [-0.1, -0.05) is 31.4 Å². The van der Waals surface area contributed by atoms with Crippen LogP contribution in [0.3, 0.4) is 0 Å². The minimum Gasteiger partial charge on any atom is -0.462 e. The monoisotopic (exact) mass is 569 g/mol. The van der Waals surface area contributed by atoms with Crippen LogP contribution in [-0.2, 0) is 28.2 Å². The predicted octanol–water partition coefficient (Wildman–Crippen LogP) is 2.23. The SMILES string of the molecule is C=C1NC(=O)C=CN1[C@@H]1O[C@](F)(CO[P@@](=O)(N[C@@H](C)C(=O)OC(C)C)Oc2ccccc2)[C@@H](O)[C@]1(O)C(=C)C. The second-order valence-corrected chi connectivity index (χ2v) is 11.1. The number of nitrogens with zero attached hydrogens (tertiary/aromatic N) is 1. The van der Waals surface area contributed by atoms with Crippen LogP contribution in [0.25, 0.3) is 0 Å². The molecular formula is C25H33FN3O9P. The van der Waals surface area contributed by atoms with Gasteiger partial charge in [-0.3, -0.25) is 14.1 Å². The first-order valence-corrected chi connectivity index (χ1v) is 13.5. The summed E-state index contributed by atoms with van der Waals surface area (Å²) in [5.41, 5.74) is -2.51. The zero-order chi connectivity index (χ0) is 29.2. The smallest absolute Gasteiger partial charge is 0.459 e. The molecule has 0 aliphatic carbocycles. The van der Waals surface area contributed by atoms with Gasteiger partial charge in [-0.15, -0.1) is 0 Å². The van der Waals surface area contributed by atoms with Gasteiger partial charge in [0.1, 0.15) is 24.2 Å². The average molecular weight is 570 g/mol. The minimum absolute atomic E-state index is 0.0678. The molecule has 6 atom stereocenters. The molecule has 0 saturated carbocycles.